The first kappa shape index (κ1) is 23.0. The minimum Gasteiger partial charge on any atom is -0.381 e. The Kier molecular flexibility index (Phi) is 32.8. The second-order valence-electron chi connectivity index (χ2n) is 3.12. The monoisotopic (exact) mass is 266 g/mol. The molecule has 0 amide bonds. The van der Waals surface area contributed by atoms with Gasteiger partial charge in [0, 0.05) is 13.2 Å². The summed E-state index contributed by atoms with van der Waals surface area (Å²) in [5.74, 6) is 0. The van der Waals surface area contributed by atoms with Crippen LogP contribution in [0.2, 0.25) is 0 Å². The van der Waals surface area contributed by atoms with E-state index in [1.165, 1.54) is 25.0 Å². The van der Waals surface area contributed by atoms with Crippen LogP contribution in [0.3, 0.4) is 0 Å². The second kappa shape index (κ2) is 25.6. The molecule has 0 aliphatic carbocycles. The van der Waals surface area contributed by atoms with Crippen molar-refractivity contribution in [2.45, 2.75) is 12.8 Å². The Hall–Kier alpha value is -0.134. The van der Waals surface area contributed by atoms with Crippen molar-refractivity contribution in [3.05, 3.63) is 39.2 Å². The summed E-state index contributed by atoms with van der Waals surface area (Å²) in [5.41, 5.74) is 0. The standard InChI is InChI=1S/C4H8O2.C4H8O.2C3H5.Mg/c1-2-6-4-3-5-1;1-2-4-5-3-1;2*1-3-2;/h1-4H2;1-4H2;2*3H,1-2H2;/q;;2*-1;+2. The Labute approximate surface area is 129 Å². The zero-order valence-electron chi connectivity index (χ0n) is 11.6. The van der Waals surface area contributed by atoms with Crippen molar-refractivity contribution in [3.63, 3.8) is 0 Å². The fraction of sp³-hybridized carbons (Fsp3) is 0.571. The van der Waals surface area contributed by atoms with Crippen LogP contribution < -0.4 is 0 Å². The summed E-state index contributed by atoms with van der Waals surface area (Å²) in [7, 11) is 0. The molecule has 2 rings (SSSR count). The quantitative estimate of drug-likeness (QED) is 0.498. The predicted octanol–water partition coefficient (Wildman–Crippen LogP) is 2.46. The van der Waals surface area contributed by atoms with E-state index in [2.05, 4.69) is 27.0 Å². The van der Waals surface area contributed by atoms with Gasteiger partial charge in [0.1, 0.15) is 0 Å². The van der Waals surface area contributed by atoms with Crippen molar-refractivity contribution in [1.82, 2.24) is 0 Å². The number of allylic oxidation sites excluding steroid dienone is 2. The topological polar surface area (TPSA) is 27.7 Å². The van der Waals surface area contributed by atoms with Gasteiger partial charge in [-0.15, -0.1) is 0 Å². The maximum atomic E-state index is 4.94. The van der Waals surface area contributed by atoms with E-state index < -0.39 is 0 Å². The summed E-state index contributed by atoms with van der Waals surface area (Å²) >= 11 is 0. The molecule has 4 heteroatoms. The summed E-state index contributed by atoms with van der Waals surface area (Å²) in [4.78, 5) is 0. The van der Waals surface area contributed by atoms with Gasteiger partial charge in [0.15, 0.2) is 0 Å². The molecule has 102 valence electrons. The number of ether oxygens (including phenoxy) is 3. The van der Waals surface area contributed by atoms with Crippen LogP contribution in [-0.2, 0) is 14.2 Å². The molecular weight excluding hydrogens is 240 g/mol. The van der Waals surface area contributed by atoms with Gasteiger partial charge >= 0.3 is 23.1 Å². The third kappa shape index (κ3) is 29.7. The maximum Gasteiger partial charge on any atom is 2.00 e. The molecule has 3 nitrogen and oxygen atoms in total. The molecule has 0 atom stereocenters. The van der Waals surface area contributed by atoms with Gasteiger partial charge in [0.25, 0.3) is 0 Å². The first-order valence-corrected chi connectivity index (χ1v) is 5.87. The first-order chi connectivity index (χ1) is 8.33. The van der Waals surface area contributed by atoms with Crippen molar-refractivity contribution >= 4 is 23.1 Å². The molecule has 0 aromatic carbocycles. The molecule has 0 saturated carbocycles. The Morgan fingerprint density at radius 1 is 0.667 bits per heavy atom. The molecule has 2 aliphatic heterocycles. The number of hydrogen-bond donors (Lipinski definition) is 0. The maximum absolute atomic E-state index is 4.94. The summed E-state index contributed by atoms with van der Waals surface area (Å²) < 4.78 is 14.8. The van der Waals surface area contributed by atoms with Gasteiger partial charge in [-0.1, -0.05) is 0 Å². The summed E-state index contributed by atoms with van der Waals surface area (Å²) in [5, 5.41) is 0. The van der Waals surface area contributed by atoms with Gasteiger partial charge < -0.3 is 14.2 Å². The van der Waals surface area contributed by atoms with E-state index in [-0.39, 0.29) is 23.1 Å². The van der Waals surface area contributed by atoms with Crippen LogP contribution in [0.25, 0.3) is 0 Å². The van der Waals surface area contributed by atoms with Gasteiger partial charge in [-0.2, -0.15) is 0 Å². The van der Waals surface area contributed by atoms with Gasteiger partial charge in [-0.05, 0) is 12.8 Å². The molecule has 2 saturated heterocycles. The third-order valence-electron chi connectivity index (χ3n) is 1.57. The fourth-order valence-corrected chi connectivity index (χ4v) is 0.950. The van der Waals surface area contributed by atoms with Crippen LogP contribution in [0.4, 0.5) is 0 Å². The summed E-state index contributed by atoms with van der Waals surface area (Å²) in [6.07, 6.45) is 5.56. The van der Waals surface area contributed by atoms with Crippen molar-refractivity contribution in [3.8, 4) is 0 Å². The van der Waals surface area contributed by atoms with Gasteiger partial charge in [0.2, 0.25) is 0 Å². The Morgan fingerprint density at radius 2 is 0.889 bits per heavy atom. The van der Waals surface area contributed by atoms with Crippen molar-refractivity contribution in [1.29, 1.82) is 0 Å². The smallest absolute Gasteiger partial charge is 0.381 e. The van der Waals surface area contributed by atoms with Gasteiger partial charge in [-0.25, -0.2) is 39.2 Å². The zero-order valence-corrected chi connectivity index (χ0v) is 13.0. The third-order valence-corrected chi connectivity index (χ3v) is 1.57. The molecule has 2 aliphatic rings. The van der Waals surface area contributed by atoms with Crippen LogP contribution in [0.15, 0.2) is 25.3 Å². The first-order valence-electron chi connectivity index (χ1n) is 5.87. The van der Waals surface area contributed by atoms with Crippen LogP contribution in [0.1, 0.15) is 12.8 Å². The van der Waals surface area contributed by atoms with E-state index in [9.17, 15) is 0 Å². The molecular formula is C14H26MgO3. The van der Waals surface area contributed by atoms with Crippen LogP contribution in [0.5, 0.6) is 0 Å². The van der Waals surface area contributed by atoms with Gasteiger partial charge in [-0.3, -0.25) is 0 Å². The van der Waals surface area contributed by atoms with Crippen molar-refractivity contribution < 1.29 is 14.2 Å². The average molecular weight is 267 g/mol. The van der Waals surface area contributed by atoms with Crippen LogP contribution in [-0.4, -0.2) is 62.7 Å². The van der Waals surface area contributed by atoms with E-state index in [1.807, 2.05) is 0 Å². The molecule has 0 N–H and O–H groups in total. The van der Waals surface area contributed by atoms with Crippen molar-refractivity contribution in [2.24, 2.45) is 0 Å². The van der Waals surface area contributed by atoms with E-state index >= 15 is 0 Å². The molecule has 0 aromatic heterocycles. The normalized spacial score (nSPS) is 16.0. The average Bonchev–Trinajstić information content (AvgIpc) is 2.92. The summed E-state index contributed by atoms with van der Waals surface area (Å²) in [6.45, 7) is 18.1. The van der Waals surface area contributed by atoms with E-state index in [1.54, 1.807) is 0 Å². The SMILES string of the molecule is C1CCOC1.C1COCCO1.C=C[CH2-].C=C[CH2-].[Mg+2]. The Morgan fingerprint density at radius 3 is 1.00 bits per heavy atom. The molecule has 0 radical (unpaired) electrons. The second-order valence-corrected chi connectivity index (χ2v) is 3.12. The molecule has 0 unspecified atom stereocenters. The number of rotatable bonds is 0. The zero-order chi connectivity index (χ0) is 13.2. The molecule has 0 bridgehead atoms. The van der Waals surface area contributed by atoms with E-state index in [0.717, 1.165) is 39.6 Å². The molecule has 0 spiro atoms. The molecule has 2 fully saturated rings. The Bertz CT molecular complexity index is 119. The van der Waals surface area contributed by atoms with Crippen LogP contribution in [0, 0.1) is 13.8 Å². The van der Waals surface area contributed by atoms with E-state index in [4.69, 9.17) is 14.2 Å². The molecule has 18 heavy (non-hydrogen) atoms. The summed E-state index contributed by atoms with van der Waals surface area (Å²) in [6, 6.07) is 0. The van der Waals surface area contributed by atoms with Crippen LogP contribution >= 0.6 is 0 Å². The molecule has 0 aromatic rings. The predicted molar refractivity (Wildman–Crippen MR) is 78.6 cm³/mol. The largest absolute Gasteiger partial charge is 2.00 e. The Balaban J connectivity index is -0.000000173. The van der Waals surface area contributed by atoms with E-state index in [0.29, 0.717) is 0 Å². The fourth-order valence-electron chi connectivity index (χ4n) is 0.950. The molecule has 2 heterocycles. The van der Waals surface area contributed by atoms with Gasteiger partial charge in [0.05, 0.1) is 26.4 Å². The minimum atomic E-state index is 0. The minimum absolute atomic E-state index is 0. The number of hydrogen-bond acceptors (Lipinski definition) is 3. The van der Waals surface area contributed by atoms with Crippen molar-refractivity contribution in [2.75, 3.05) is 39.6 Å².